The van der Waals surface area contributed by atoms with E-state index in [2.05, 4.69) is 15.6 Å². The van der Waals surface area contributed by atoms with Crippen molar-refractivity contribution in [2.75, 3.05) is 10.6 Å². The molecule has 2 heterocycles. The van der Waals surface area contributed by atoms with Gasteiger partial charge in [-0.2, -0.15) is 0 Å². The minimum absolute atomic E-state index is 0.0172. The van der Waals surface area contributed by atoms with E-state index in [0.717, 1.165) is 4.70 Å². The first-order chi connectivity index (χ1) is 14.8. The molecule has 0 aliphatic rings. The minimum atomic E-state index is -3.58. The summed E-state index contributed by atoms with van der Waals surface area (Å²) in [5, 5.41) is 5.70. The number of furan rings is 1. The van der Waals surface area contributed by atoms with Crippen LogP contribution in [0, 0.1) is 0 Å². The summed E-state index contributed by atoms with van der Waals surface area (Å²) in [5.41, 5.74) is 1.31. The van der Waals surface area contributed by atoms with Gasteiger partial charge in [0.1, 0.15) is 11.5 Å². The quantitative estimate of drug-likeness (QED) is 0.452. The number of rotatable bonds is 6. The van der Waals surface area contributed by atoms with Gasteiger partial charge in [-0.1, -0.05) is 29.5 Å². The molecule has 4 aromatic rings. The van der Waals surface area contributed by atoms with Gasteiger partial charge in [-0.25, -0.2) is 13.4 Å². The van der Waals surface area contributed by atoms with Crippen molar-refractivity contribution >= 4 is 54.0 Å². The van der Waals surface area contributed by atoms with E-state index in [4.69, 9.17) is 4.42 Å². The molecule has 10 heteroatoms. The van der Waals surface area contributed by atoms with Crippen molar-refractivity contribution in [3.05, 3.63) is 72.2 Å². The van der Waals surface area contributed by atoms with E-state index in [1.54, 1.807) is 36.4 Å². The maximum atomic E-state index is 12.5. The summed E-state index contributed by atoms with van der Waals surface area (Å²) in [5.74, 6) is -0.920. The predicted molar refractivity (Wildman–Crippen MR) is 118 cm³/mol. The first-order valence-corrected chi connectivity index (χ1v) is 11.6. The molecule has 2 N–H and O–H groups in total. The Labute approximate surface area is 181 Å². The largest absolute Gasteiger partial charge is 0.455 e. The molecule has 0 saturated carbocycles. The number of carbonyl (C=O) groups is 2. The molecule has 0 spiro atoms. The molecule has 158 valence electrons. The highest BCUT2D eigenvalue weighted by Crippen LogP contribution is 2.29. The summed E-state index contributed by atoms with van der Waals surface area (Å²) in [7, 11) is -3.58. The van der Waals surface area contributed by atoms with Gasteiger partial charge in [-0.15, -0.1) is 0 Å². The van der Waals surface area contributed by atoms with Gasteiger partial charge in [0.2, 0.25) is 5.91 Å². The number of sulfone groups is 1. The zero-order chi connectivity index (χ0) is 22.0. The average molecular weight is 456 g/mol. The fourth-order valence-corrected chi connectivity index (χ4v) is 5.06. The SMILES string of the molecule is CC(=O)Nc1ccc2nc(NC(=O)c3ccc(CS(=O)(=O)c4ccccc4)o3)sc2c1. The highest BCUT2D eigenvalue weighted by Gasteiger charge is 2.20. The van der Waals surface area contributed by atoms with Crippen LogP contribution in [0.1, 0.15) is 23.2 Å². The first kappa shape index (κ1) is 20.8. The molecule has 0 bridgehead atoms. The molecule has 0 fully saturated rings. The Morgan fingerprint density at radius 2 is 1.81 bits per heavy atom. The fourth-order valence-electron chi connectivity index (χ4n) is 2.89. The second-order valence-electron chi connectivity index (χ2n) is 6.67. The average Bonchev–Trinajstić information content (AvgIpc) is 3.34. The molecule has 2 aromatic carbocycles. The van der Waals surface area contributed by atoms with Crippen LogP contribution in [0.25, 0.3) is 10.2 Å². The molecule has 0 aliphatic carbocycles. The third-order valence-electron chi connectivity index (χ3n) is 4.25. The number of anilines is 2. The van der Waals surface area contributed by atoms with Gasteiger partial charge in [0.05, 0.1) is 15.1 Å². The number of benzene rings is 2. The molecule has 0 unspecified atom stereocenters. The number of amides is 2. The molecule has 31 heavy (non-hydrogen) atoms. The number of hydrogen-bond donors (Lipinski definition) is 2. The molecular weight excluding hydrogens is 438 g/mol. The lowest BCUT2D eigenvalue weighted by Gasteiger charge is -2.02. The number of hydrogen-bond acceptors (Lipinski definition) is 7. The van der Waals surface area contributed by atoms with Crippen LogP contribution in [-0.4, -0.2) is 25.2 Å². The van der Waals surface area contributed by atoms with Crippen molar-refractivity contribution in [3.8, 4) is 0 Å². The maximum absolute atomic E-state index is 12.5. The summed E-state index contributed by atoms with van der Waals surface area (Å²) in [4.78, 5) is 28.2. The molecule has 0 saturated heterocycles. The monoisotopic (exact) mass is 455 g/mol. The Kier molecular flexibility index (Phi) is 5.57. The van der Waals surface area contributed by atoms with Crippen molar-refractivity contribution in [2.24, 2.45) is 0 Å². The van der Waals surface area contributed by atoms with Crippen molar-refractivity contribution in [3.63, 3.8) is 0 Å². The molecule has 0 aliphatic heterocycles. The van der Waals surface area contributed by atoms with E-state index < -0.39 is 15.7 Å². The Balaban J connectivity index is 1.47. The molecule has 2 amide bonds. The Morgan fingerprint density at radius 3 is 2.55 bits per heavy atom. The Bertz CT molecular complexity index is 1370. The number of nitrogens with one attached hydrogen (secondary N) is 2. The molecule has 8 nitrogen and oxygen atoms in total. The van der Waals surface area contributed by atoms with Crippen molar-refractivity contribution < 1.29 is 22.4 Å². The highest BCUT2D eigenvalue weighted by molar-refractivity contribution is 7.90. The van der Waals surface area contributed by atoms with Crippen LogP contribution in [0.2, 0.25) is 0 Å². The normalized spacial score (nSPS) is 11.4. The van der Waals surface area contributed by atoms with Crippen LogP contribution in [0.5, 0.6) is 0 Å². The number of fused-ring (bicyclic) bond motifs is 1. The number of thiazole rings is 1. The molecule has 4 rings (SSSR count). The van der Waals surface area contributed by atoms with Gasteiger partial charge in [0, 0.05) is 12.6 Å². The van der Waals surface area contributed by atoms with Gasteiger partial charge >= 0.3 is 0 Å². The summed E-state index contributed by atoms with van der Waals surface area (Å²) in [6, 6.07) is 16.2. The van der Waals surface area contributed by atoms with Crippen LogP contribution in [0.3, 0.4) is 0 Å². The van der Waals surface area contributed by atoms with Crippen LogP contribution >= 0.6 is 11.3 Å². The Morgan fingerprint density at radius 1 is 1.03 bits per heavy atom. The van der Waals surface area contributed by atoms with E-state index in [9.17, 15) is 18.0 Å². The summed E-state index contributed by atoms with van der Waals surface area (Å²) < 4.78 is 31.2. The number of carbonyl (C=O) groups excluding carboxylic acids is 2. The second-order valence-corrected chi connectivity index (χ2v) is 9.70. The predicted octanol–water partition coefficient (Wildman–Crippen LogP) is 4.07. The zero-order valence-electron chi connectivity index (χ0n) is 16.3. The van der Waals surface area contributed by atoms with E-state index in [0.29, 0.717) is 16.3 Å². The molecule has 2 aromatic heterocycles. The topological polar surface area (TPSA) is 118 Å². The smallest absolute Gasteiger partial charge is 0.293 e. The lowest BCUT2D eigenvalue weighted by molar-refractivity contribution is -0.114. The van der Waals surface area contributed by atoms with E-state index in [-0.39, 0.29) is 28.1 Å². The third-order valence-corrected chi connectivity index (χ3v) is 6.84. The van der Waals surface area contributed by atoms with Crippen molar-refractivity contribution in [2.45, 2.75) is 17.6 Å². The minimum Gasteiger partial charge on any atom is -0.455 e. The molecule has 0 radical (unpaired) electrons. The van der Waals surface area contributed by atoms with E-state index >= 15 is 0 Å². The van der Waals surface area contributed by atoms with E-state index in [1.165, 1.54) is 42.5 Å². The molecular formula is C21H17N3O5S2. The lowest BCUT2D eigenvalue weighted by Crippen LogP contribution is -2.10. The highest BCUT2D eigenvalue weighted by atomic mass is 32.2. The fraction of sp³-hybridized carbons (Fsp3) is 0.0952. The number of nitrogens with zero attached hydrogens (tertiary/aromatic N) is 1. The van der Waals surface area contributed by atoms with Gasteiger partial charge in [-0.05, 0) is 42.5 Å². The maximum Gasteiger partial charge on any atom is 0.293 e. The van der Waals surface area contributed by atoms with Crippen LogP contribution in [-0.2, 0) is 20.4 Å². The van der Waals surface area contributed by atoms with Gasteiger partial charge in [0.15, 0.2) is 20.7 Å². The third kappa shape index (κ3) is 4.81. The van der Waals surface area contributed by atoms with Crippen LogP contribution < -0.4 is 10.6 Å². The second kappa shape index (κ2) is 8.32. The summed E-state index contributed by atoms with van der Waals surface area (Å²) in [6.07, 6.45) is 0. The zero-order valence-corrected chi connectivity index (χ0v) is 17.9. The molecule has 0 atom stereocenters. The van der Waals surface area contributed by atoms with Gasteiger partial charge in [-0.3, -0.25) is 14.9 Å². The number of aromatic nitrogens is 1. The van der Waals surface area contributed by atoms with E-state index in [1.807, 2.05) is 0 Å². The summed E-state index contributed by atoms with van der Waals surface area (Å²) >= 11 is 1.24. The van der Waals surface area contributed by atoms with Crippen LogP contribution in [0.4, 0.5) is 10.8 Å². The standard InChI is InChI=1S/C21H17N3O5S2/c1-13(25)22-14-7-9-17-19(11-14)30-21(23-17)24-20(26)18-10-8-15(29-18)12-31(27,28)16-5-3-2-4-6-16/h2-11H,12H2,1H3,(H,22,25)(H,23,24,26). The van der Waals surface area contributed by atoms with Crippen molar-refractivity contribution in [1.82, 2.24) is 4.98 Å². The first-order valence-electron chi connectivity index (χ1n) is 9.16. The summed E-state index contributed by atoms with van der Waals surface area (Å²) in [6.45, 7) is 1.42. The Hall–Kier alpha value is -3.50. The van der Waals surface area contributed by atoms with Gasteiger partial charge < -0.3 is 9.73 Å². The van der Waals surface area contributed by atoms with Gasteiger partial charge in [0.25, 0.3) is 5.91 Å². The van der Waals surface area contributed by atoms with Crippen LogP contribution in [0.15, 0.2) is 70.0 Å². The van der Waals surface area contributed by atoms with Crippen molar-refractivity contribution in [1.29, 1.82) is 0 Å². The lowest BCUT2D eigenvalue weighted by atomic mass is 10.3.